The molecule has 0 N–H and O–H groups in total. The van der Waals surface area contributed by atoms with Crippen molar-refractivity contribution in [2.75, 3.05) is 0 Å². The molecule has 0 amide bonds. The molecule has 0 saturated carbocycles. The zero-order chi connectivity index (χ0) is 7.82. The molecule has 1 aromatic rings. The van der Waals surface area contributed by atoms with E-state index in [2.05, 4.69) is 44.3 Å². The third-order valence-corrected chi connectivity index (χ3v) is 1.25. The quantitative estimate of drug-likeness (QED) is 0.518. The minimum absolute atomic E-state index is 1.14. The van der Waals surface area contributed by atoms with Gasteiger partial charge < -0.3 is 0 Å². The van der Waals surface area contributed by atoms with E-state index in [1.807, 2.05) is 6.07 Å². The maximum absolute atomic E-state index is 3.00. The molecular formula is C10H14. The Labute approximate surface area is 63.2 Å². The largest absolute Gasteiger partial charge is 0.106 e. The van der Waals surface area contributed by atoms with Crippen LogP contribution < -0.4 is 0 Å². The molecule has 1 aromatic carbocycles. The zero-order valence-corrected chi connectivity index (χ0v) is 6.51. The van der Waals surface area contributed by atoms with E-state index in [0.29, 0.717) is 0 Å². The van der Waals surface area contributed by atoms with Crippen molar-refractivity contribution in [2.24, 2.45) is 0 Å². The summed E-state index contributed by atoms with van der Waals surface area (Å²) >= 11 is 0. The smallest absolute Gasteiger partial charge is 0.0307 e. The van der Waals surface area contributed by atoms with Crippen molar-refractivity contribution >= 4 is 0 Å². The van der Waals surface area contributed by atoms with E-state index in [4.69, 9.17) is 0 Å². The second kappa shape index (κ2) is 6.09. The fourth-order valence-electron chi connectivity index (χ4n) is 0.714. The van der Waals surface area contributed by atoms with Crippen LogP contribution >= 0.6 is 0 Å². The van der Waals surface area contributed by atoms with E-state index in [1.165, 1.54) is 5.56 Å². The predicted molar refractivity (Wildman–Crippen MR) is 47.1 cm³/mol. The fraction of sp³-hybridized carbons (Fsp3) is 0.200. The maximum Gasteiger partial charge on any atom is -0.0307 e. The molecule has 0 saturated heterocycles. The first-order valence-electron chi connectivity index (χ1n) is 3.47. The van der Waals surface area contributed by atoms with Gasteiger partial charge in [0.1, 0.15) is 0 Å². The Bertz CT molecular complexity index is 153. The number of hydrogen-bond acceptors (Lipinski definition) is 0. The molecule has 0 fully saturated rings. The second-order valence-corrected chi connectivity index (χ2v) is 1.84. The molecule has 0 heteroatoms. The minimum Gasteiger partial charge on any atom is -0.106 e. The standard InChI is InChI=1S/C8H10.C2H4/c1-2-8-6-4-3-5-7-8;1-2/h3-7H,2H2,1H3;1-2H2. The summed E-state index contributed by atoms with van der Waals surface area (Å²) in [7, 11) is 0. The molecule has 0 spiro atoms. The van der Waals surface area contributed by atoms with Gasteiger partial charge in [-0.15, -0.1) is 13.2 Å². The summed E-state index contributed by atoms with van der Waals surface area (Å²) in [6, 6.07) is 10.5. The van der Waals surface area contributed by atoms with Crippen molar-refractivity contribution in [3.05, 3.63) is 49.1 Å². The van der Waals surface area contributed by atoms with Crippen LogP contribution in [0.2, 0.25) is 0 Å². The monoisotopic (exact) mass is 134 g/mol. The Morgan fingerprint density at radius 2 is 1.60 bits per heavy atom. The Kier molecular flexibility index (Phi) is 5.45. The summed E-state index contributed by atoms with van der Waals surface area (Å²) < 4.78 is 0. The average molecular weight is 134 g/mol. The van der Waals surface area contributed by atoms with Crippen LogP contribution in [-0.2, 0) is 6.42 Å². The Hall–Kier alpha value is -1.04. The first kappa shape index (κ1) is 8.96. The minimum atomic E-state index is 1.14. The van der Waals surface area contributed by atoms with Gasteiger partial charge in [0.25, 0.3) is 0 Å². The molecule has 0 bridgehead atoms. The molecule has 1 rings (SSSR count). The van der Waals surface area contributed by atoms with Crippen LogP contribution in [0.5, 0.6) is 0 Å². The molecule has 0 unspecified atom stereocenters. The third kappa shape index (κ3) is 3.08. The van der Waals surface area contributed by atoms with Crippen LogP contribution in [-0.4, -0.2) is 0 Å². The zero-order valence-electron chi connectivity index (χ0n) is 6.51. The normalized spacial score (nSPS) is 7.70. The van der Waals surface area contributed by atoms with Crippen LogP contribution in [0, 0.1) is 0 Å². The lowest BCUT2D eigenvalue weighted by atomic mass is 10.2. The molecule has 0 aliphatic heterocycles. The summed E-state index contributed by atoms with van der Waals surface area (Å²) in [6.45, 7) is 8.16. The van der Waals surface area contributed by atoms with Gasteiger partial charge in [0, 0.05) is 0 Å². The van der Waals surface area contributed by atoms with Crippen molar-refractivity contribution in [3.63, 3.8) is 0 Å². The second-order valence-electron chi connectivity index (χ2n) is 1.84. The lowest BCUT2D eigenvalue weighted by molar-refractivity contribution is 1.14. The Morgan fingerprint density at radius 1 is 1.10 bits per heavy atom. The first-order valence-corrected chi connectivity index (χ1v) is 3.47. The molecular weight excluding hydrogens is 120 g/mol. The van der Waals surface area contributed by atoms with Crippen molar-refractivity contribution in [3.8, 4) is 0 Å². The average Bonchev–Trinajstić information content (AvgIpc) is 2.10. The third-order valence-electron chi connectivity index (χ3n) is 1.25. The van der Waals surface area contributed by atoms with Crippen molar-refractivity contribution in [2.45, 2.75) is 13.3 Å². The van der Waals surface area contributed by atoms with Crippen molar-refractivity contribution in [1.82, 2.24) is 0 Å². The van der Waals surface area contributed by atoms with Gasteiger partial charge in [0.15, 0.2) is 0 Å². The van der Waals surface area contributed by atoms with E-state index < -0.39 is 0 Å². The highest BCUT2D eigenvalue weighted by molar-refractivity contribution is 5.13. The van der Waals surface area contributed by atoms with E-state index in [0.717, 1.165) is 6.42 Å². The topological polar surface area (TPSA) is 0 Å². The lowest BCUT2D eigenvalue weighted by Crippen LogP contribution is -1.73. The van der Waals surface area contributed by atoms with Gasteiger partial charge in [-0.1, -0.05) is 37.3 Å². The summed E-state index contributed by atoms with van der Waals surface area (Å²) in [5.74, 6) is 0. The molecule has 10 heavy (non-hydrogen) atoms. The first-order chi connectivity index (χ1) is 4.93. The number of aryl methyl sites for hydroxylation is 1. The molecule has 0 heterocycles. The van der Waals surface area contributed by atoms with Crippen molar-refractivity contribution < 1.29 is 0 Å². The van der Waals surface area contributed by atoms with Gasteiger partial charge in [-0.05, 0) is 12.0 Å². The van der Waals surface area contributed by atoms with E-state index in [9.17, 15) is 0 Å². The van der Waals surface area contributed by atoms with Gasteiger partial charge in [-0.3, -0.25) is 0 Å². The molecule has 0 atom stereocenters. The number of hydrogen-bond donors (Lipinski definition) is 0. The van der Waals surface area contributed by atoms with Gasteiger partial charge >= 0.3 is 0 Å². The van der Waals surface area contributed by atoms with E-state index in [1.54, 1.807) is 0 Å². The molecule has 0 aliphatic carbocycles. The van der Waals surface area contributed by atoms with Gasteiger partial charge in [0.05, 0.1) is 0 Å². The van der Waals surface area contributed by atoms with Crippen LogP contribution in [0.3, 0.4) is 0 Å². The van der Waals surface area contributed by atoms with Crippen LogP contribution in [0.15, 0.2) is 43.5 Å². The van der Waals surface area contributed by atoms with Gasteiger partial charge in [-0.2, -0.15) is 0 Å². The molecule has 0 aromatic heterocycles. The highest BCUT2D eigenvalue weighted by Gasteiger charge is 1.79. The van der Waals surface area contributed by atoms with Gasteiger partial charge in [0.2, 0.25) is 0 Å². The lowest BCUT2D eigenvalue weighted by Gasteiger charge is -1.89. The van der Waals surface area contributed by atoms with Crippen LogP contribution in [0.1, 0.15) is 12.5 Å². The fourth-order valence-corrected chi connectivity index (χ4v) is 0.714. The van der Waals surface area contributed by atoms with Gasteiger partial charge in [-0.25, -0.2) is 0 Å². The van der Waals surface area contributed by atoms with Crippen LogP contribution in [0.25, 0.3) is 0 Å². The molecule has 54 valence electrons. The van der Waals surface area contributed by atoms with Crippen LogP contribution in [0.4, 0.5) is 0 Å². The summed E-state index contributed by atoms with van der Waals surface area (Å²) in [6.07, 6.45) is 1.14. The summed E-state index contributed by atoms with van der Waals surface area (Å²) in [4.78, 5) is 0. The van der Waals surface area contributed by atoms with E-state index >= 15 is 0 Å². The number of rotatable bonds is 1. The maximum atomic E-state index is 3.00. The SMILES string of the molecule is C=C.CCc1ccccc1. The summed E-state index contributed by atoms with van der Waals surface area (Å²) in [5.41, 5.74) is 1.41. The predicted octanol–water partition coefficient (Wildman–Crippen LogP) is 3.05. The van der Waals surface area contributed by atoms with E-state index in [-0.39, 0.29) is 0 Å². The molecule has 0 radical (unpaired) electrons. The summed E-state index contributed by atoms with van der Waals surface area (Å²) in [5, 5.41) is 0. The van der Waals surface area contributed by atoms with Crippen molar-refractivity contribution in [1.29, 1.82) is 0 Å². The highest BCUT2D eigenvalue weighted by atomic mass is 13.9. The molecule has 0 aliphatic rings. The Morgan fingerprint density at radius 3 is 1.90 bits per heavy atom. The highest BCUT2D eigenvalue weighted by Crippen LogP contribution is 1.96. The Balaban J connectivity index is 0.000000371. The molecule has 0 nitrogen and oxygen atoms in total. The number of benzene rings is 1.